The van der Waals surface area contributed by atoms with Gasteiger partial charge in [0.15, 0.2) is 11.4 Å². The molecule has 2 aliphatic rings. The van der Waals surface area contributed by atoms with Gasteiger partial charge in [-0.05, 0) is 31.7 Å². The molecule has 1 atom stereocenters. The number of nitrogens with one attached hydrogen (secondary N) is 1. The summed E-state index contributed by atoms with van der Waals surface area (Å²) in [5.74, 6) is 0.918. The number of anilines is 1. The van der Waals surface area contributed by atoms with E-state index in [4.69, 9.17) is 19.6 Å². The minimum absolute atomic E-state index is 0.246. The third kappa shape index (κ3) is 4.49. The van der Waals surface area contributed by atoms with Gasteiger partial charge in [0.1, 0.15) is 22.0 Å². The fourth-order valence-corrected chi connectivity index (χ4v) is 6.73. The number of aromatic nitrogens is 6. The topological polar surface area (TPSA) is 96.7 Å². The summed E-state index contributed by atoms with van der Waals surface area (Å²) in [7, 11) is 1.65. The van der Waals surface area contributed by atoms with E-state index in [0.29, 0.717) is 23.5 Å². The molecule has 6 rings (SSSR count). The Bertz CT molecular complexity index is 1370. The van der Waals surface area contributed by atoms with Crippen molar-refractivity contribution in [1.29, 1.82) is 0 Å². The molecule has 196 valence electrons. The van der Waals surface area contributed by atoms with Crippen LogP contribution >= 0.6 is 11.3 Å². The Hall–Kier alpha value is -3.02. The Kier molecular flexibility index (Phi) is 6.60. The van der Waals surface area contributed by atoms with E-state index in [1.807, 2.05) is 18.5 Å². The van der Waals surface area contributed by atoms with Crippen LogP contribution in [0.4, 0.5) is 5.00 Å². The molecule has 37 heavy (non-hydrogen) atoms. The number of rotatable bonds is 6. The summed E-state index contributed by atoms with van der Waals surface area (Å²) in [6, 6.07) is 3.08. The molecule has 0 amide bonds. The number of aromatic amines is 1. The number of thiazole rings is 1. The molecule has 10 nitrogen and oxygen atoms in total. The highest BCUT2D eigenvalue weighted by Gasteiger charge is 2.31. The van der Waals surface area contributed by atoms with E-state index in [2.05, 4.69) is 45.8 Å². The number of ether oxygens (including phenoxy) is 2. The van der Waals surface area contributed by atoms with Crippen LogP contribution in [0.25, 0.3) is 27.6 Å². The van der Waals surface area contributed by atoms with Crippen molar-refractivity contribution >= 4 is 22.0 Å². The highest BCUT2D eigenvalue weighted by atomic mass is 32.1. The van der Waals surface area contributed by atoms with Gasteiger partial charge in [-0.25, -0.2) is 14.5 Å². The molecule has 4 aromatic rings. The first-order chi connectivity index (χ1) is 18.0. The van der Waals surface area contributed by atoms with Gasteiger partial charge < -0.3 is 14.4 Å². The number of hydrogen-bond donors (Lipinski definition) is 1. The molecule has 4 aromatic heterocycles. The monoisotopic (exact) mass is 522 g/mol. The van der Waals surface area contributed by atoms with E-state index < -0.39 is 0 Å². The average molecular weight is 523 g/mol. The zero-order chi connectivity index (χ0) is 25.5. The zero-order valence-electron chi connectivity index (χ0n) is 21.8. The van der Waals surface area contributed by atoms with Gasteiger partial charge in [0.2, 0.25) is 0 Å². The number of nitrogens with zero attached hydrogens (tertiary/aromatic N) is 7. The highest BCUT2D eigenvalue weighted by Crippen LogP contribution is 2.40. The van der Waals surface area contributed by atoms with Crippen LogP contribution in [0.2, 0.25) is 0 Å². The van der Waals surface area contributed by atoms with Gasteiger partial charge in [-0.2, -0.15) is 10.2 Å². The first kappa shape index (κ1) is 24.3. The molecule has 0 bridgehead atoms. The smallest absolute Gasteiger partial charge is 0.197 e. The minimum Gasteiger partial charge on any atom is -0.493 e. The van der Waals surface area contributed by atoms with Gasteiger partial charge in [0, 0.05) is 62.3 Å². The molecule has 2 fully saturated rings. The van der Waals surface area contributed by atoms with Crippen LogP contribution in [-0.2, 0) is 4.74 Å². The normalized spacial score (nSPS) is 19.8. The van der Waals surface area contributed by atoms with Gasteiger partial charge >= 0.3 is 0 Å². The second-order valence-electron chi connectivity index (χ2n) is 10.2. The van der Waals surface area contributed by atoms with Crippen LogP contribution in [0.15, 0.2) is 24.8 Å². The molecule has 0 unspecified atom stereocenters. The fraction of sp³-hybridized carbons (Fsp3) is 0.538. The molecular formula is C26H34N8O2S. The molecule has 2 aliphatic heterocycles. The molecule has 0 radical (unpaired) electrons. The van der Waals surface area contributed by atoms with Crippen molar-refractivity contribution in [2.24, 2.45) is 0 Å². The van der Waals surface area contributed by atoms with Crippen molar-refractivity contribution in [3.05, 3.63) is 30.4 Å². The van der Waals surface area contributed by atoms with E-state index in [0.717, 1.165) is 73.2 Å². The Labute approximate surface area is 220 Å². The highest BCUT2D eigenvalue weighted by molar-refractivity contribution is 7.18. The summed E-state index contributed by atoms with van der Waals surface area (Å²) < 4.78 is 12.9. The Morgan fingerprint density at radius 3 is 2.78 bits per heavy atom. The largest absolute Gasteiger partial charge is 0.493 e. The molecule has 11 heteroatoms. The van der Waals surface area contributed by atoms with Crippen LogP contribution in [-0.4, -0.2) is 86.7 Å². The van der Waals surface area contributed by atoms with Gasteiger partial charge in [0.05, 0.1) is 19.0 Å². The number of methoxy groups -OCH3 is 1. The van der Waals surface area contributed by atoms with Crippen LogP contribution in [0.3, 0.4) is 0 Å². The molecule has 0 aliphatic carbocycles. The third-order valence-electron chi connectivity index (χ3n) is 7.58. The van der Waals surface area contributed by atoms with Gasteiger partial charge in [0.25, 0.3) is 0 Å². The molecule has 0 saturated carbocycles. The van der Waals surface area contributed by atoms with Crippen LogP contribution in [0.5, 0.6) is 5.75 Å². The van der Waals surface area contributed by atoms with E-state index >= 15 is 0 Å². The number of fused-ring (bicyclic) bond motifs is 1. The Morgan fingerprint density at radius 1 is 1.19 bits per heavy atom. The van der Waals surface area contributed by atoms with Crippen molar-refractivity contribution in [3.63, 3.8) is 0 Å². The zero-order valence-corrected chi connectivity index (χ0v) is 22.7. The maximum absolute atomic E-state index is 5.58. The fourth-order valence-electron chi connectivity index (χ4n) is 5.68. The molecule has 0 spiro atoms. The lowest BCUT2D eigenvalue weighted by molar-refractivity contribution is 0.0280. The maximum Gasteiger partial charge on any atom is 0.197 e. The van der Waals surface area contributed by atoms with Crippen molar-refractivity contribution in [1.82, 2.24) is 34.7 Å². The van der Waals surface area contributed by atoms with E-state index in [1.165, 1.54) is 11.3 Å². The van der Waals surface area contributed by atoms with Crippen molar-refractivity contribution in [2.75, 3.05) is 44.9 Å². The summed E-state index contributed by atoms with van der Waals surface area (Å²) in [5, 5.41) is 14.5. The van der Waals surface area contributed by atoms with Crippen molar-refractivity contribution in [2.45, 2.75) is 51.6 Å². The van der Waals surface area contributed by atoms with Crippen LogP contribution < -0.4 is 9.64 Å². The second kappa shape index (κ2) is 10.0. The lowest BCUT2D eigenvalue weighted by Crippen LogP contribution is -2.55. The maximum atomic E-state index is 5.58. The van der Waals surface area contributed by atoms with Crippen molar-refractivity contribution in [3.8, 4) is 27.7 Å². The summed E-state index contributed by atoms with van der Waals surface area (Å²) >= 11 is 1.73. The quantitative estimate of drug-likeness (QED) is 0.405. The summed E-state index contributed by atoms with van der Waals surface area (Å²) in [4.78, 5) is 14.3. The molecule has 0 aromatic carbocycles. The predicted molar refractivity (Wildman–Crippen MR) is 145 cm³/mol. The molecule has 1 N–H and O–H groups in total. The third-order valence-corrected chi connectivity index (χ3v) is 8.62. The van der Waals surface area contributed by atoms with Gasteiger partial charge in [-0.1, -0.05) is 25.2 Å². The standard InChI is InChI=1S/C26H34N8O2S/c1-16(2)22-23(18-11-20(35-4)25-28-15-29-34(25)14-18)30-31-24(22)26-27-12-21(37-26)33-8-7-32(13-17(33)3)19-5-9-36-10-6-19/h11-12,14-17,19H,5-10,13H2,1-4H3,(H,30,31)/t17-/m1/s1. The Balaban J connectivity index is 1.27. The number of H-pyrrole nitrogens is 1. The lowest BCUT2D eigenvalue weighted by atomic mass is 9.97. The first-order valence-electron chi connectivity index (χ1n) is 13.0. The molecule has 6 heterocycles. The number of pyridine rings is 1. The second-order valence-corrected chi connectivity index (χ2v) is 11.2. The summed E-state index contributed by atoms with van der Waals surface area (Å²) in [5.41, 5.74) is 4.64. The van der Waals surface area contributed by atoms with Crippen LogP contribution in [0, 0.1) is 0 Å². The number of piperazine rings is 1. The van der Waals surface area contributed by atoms with Crippen molar-refractivity contribution < 1.29 is 9.47 Å². The van der Waals surface area contributed by atoms with Crippen LogP contribution in [0.1, 0.15) is 45.1 Å². The molecule has 2 saturated heterocycles. The predicted octanol–water partition coefficient (Wildman–Crippen LogP) is 4.06. The SMILES string of the molecule is COc1cc(-c2[nH]nc(-c3ncc(N4CCN(C5CCOCC5)C[C@H]4C)s3)c2C(C)C)cn2ncnc12. The molecular weight excluding hydrogens is 488 g/mol. The van der Waals surface area contributed by atoms with E-state index in [-0.39, 0.29) is 5.92 Å². The van der Waals surface area contributed by atoms with Gasteiger partial charge in [-0.3, -0.25) is 10.00 Å². The number of hydrogen-bond acceptors (Lipinski definition) is 9. The van der Waals surface area contributed by atoms with E-state index in [9.17, 15) is 0 Å². The minimum atomic E-state index is 0.246. The first-order valence-corrected chi connectivity index (χ1v) is 13.9. The summed E-state index contributed by atoms with van der Waals surface area (Å²) in [6.07, 6.45) is 7.80. The lowest BCUT2D eigenvalue weighted by Gasteiger charge is -2.44. The van der Waals surface area contributed by atoms with Gasteiger partial charge in [-0.15, -0.1) is 0 Å². The summed E-state index contributed by atoms with van der Waals surface area (Å²) in [6.45, 7) is 11.7. The Morgan fingerprint density at radius 2 is 2.03 bits per heavy atom. The van der Waals surface area contributed by atoms with E-state index in [1.54, 1.807) is 23.0 Å². The average Bonchev–Trinajstić information content (AvgIpc) is 3.67.